The van der Waals surface area contributed by atoms with Gasteiger partial charge in [0.05, 0.1) is 35.2 Å². The Morgan fingerprint density at radius 1 is 0.750 bits per heavy atom. The van der Waals surface area contributed by atoms with Gasteiger partial charge in [0.1, 0.15) is 0 Å². The third kappa shape index (κ3) is 3.65. The van der Waals surface area contributed by atoms with Gasteiger partial charge < -0.3 is 9.47 Å². The molecule has 2 aromatic carbocycles. The minimum absolute atomic E-state index is 0.142. The number of nitro benzene ring substituents is 2. The van der Waals surface area contributed by atoms with E-state index in [0.29, 0.717) is 11.1 Å². The molecule has 2 aromatic rings. The first-order valence-electron chi connectivity index (χ1n) is 7.87. The molecule has 2 rings (SSSR count). The first-order valence-corrected chi connectivity index (χ1v) is 7.87. The predicted octanol–water partition coefficient (Wildman–Crippen LogP) is 3.36. The fourth-order valence-electron chi connectivity index (χ4n) is 2.95. The molecule has 0 saturated carbocycles. The third-order valence-corrected chi connectivity index (χ3v) is 4.12. The lowest BCUT2D eigenvalue weighted by Crippen LogP contribution is -2.11. The highest BCUT2D eigenvalue weighted by atomic mass is 16.6. The second-order valence-electron chi connectivity index (χ2n) is 5.87. The monoisotopic (exact) mass is 388 g/mol. The molecule has 0 atom stereocenters. The zero-order valence-corrected chi connectivity index (χ0v) is 15.5. The summed E-state index contributed by atoms with van der Waals surface area (Å²) in [6.45, 7) is 3.05. The Bertz CT molecular complexity index is 932. The van der Waals surface area contributed by atoms with Crippen molar-refractivity contribution in [2.45, 2.75) is 13.8 Å². The van der Waals surface area contributed by atoms with Gasteiger partial charge in [-0.1, -0.05) is 0 Å². The minimum atomic E-state index is -0.852. The summed E-state index contributed by atoms with van der Waals surface area (Å²) in [5.74, 6) is -1.70. The number of esters is 2. The van der Waals surface area contributed by atoms with Gasteiger partial charge in [0.25, 0.3) is 11.4 Å². The number of benzene rings is 2. The van der Waals surface area contributed by atoms with Gasteiger partial charge >= 0.3 is 11.9 Å². The molecule has 0 N–H and O–H groups in total. The van der Waals surface area contributed by atoms with Gasteiger partial charge in [0.15, 0.2) is 0 Å². The molecule has 10 nitrogen and oxygen atoms in total. The van der Waals surface area contributed by atoms with Crippen molar-refractivity contribution in [3.8, 4) is 11.1 Å². The molecule has 0 aliphatic carbocycles. The number of nitro groups is 2. The van der Waals surface area contributed by atoms with Crippen LogP contribution in [0.2, 0.25) is 0 Å². The van der Waals surface area contributed by atoms with Crippen LogP contribution in [-0.2, 0) is 9.47 Å². The van der Waals surface area contributed by atoms with Gasteiger partial charge in [-0.05, 0) is 25.0 Å². The van der Waals surface area contributed by atoms with Crippen molar-refractivity contribution in [2.75, 3.05) is 14.2 Å². The number of carbonyl (C=O) groups excluding carboxylic acids is 2. The quantitative estimate of drug-likeness (QED) is 0.431. The molecular formula is C18H16N2O8. The lowest BCUT2D eigenvalue weighted by Gasteiger charge is -2.17. The van der Waals surface area contributed by atoms with Gasteiger partial charge in [-0.15, -0.1) is 0 Å². The van der Waals surface area contributed by atoms with Gasteiger partial charge in [-0.2, -0.15) is 0 Å². The molecule has 0 amide bonds. The molecule has 0 aromatic heterocycles. The summed E-state index contributed by atoms with van der Waals surface area (Å²) in [7, 11) is 2.23. The van der Waals surface area contributed by atoms with Crippen LogP contribution in [0.1, 0.15) is 31.8 Å². The highest BCUT2D eigenvalue weighted by molar-refractivity contribution is 6.05. The Hall–Kier alpha value is -3.82. The molecule has 0 heterocycles. The molecular weight excluding hydrogens is 372 g/mol. The second-order valence-corrected chi connectivity index (χ2v) is 5.87. The minimum Gasteiger partial charge on any atom is -0.465 e. The van der Waals surface area contributed by atoms with E-state index in [4.69, 9.17) is 9.47 Å². The second kappa shape index (κ2) is 7.82. The fraction of sp³-hybridized carbons (Fsp3) is 0.222. The fourth-order valence-corrected chi connectivity index (χ4v) is 2.95. The van der Waals surface area contributed by atoms with E-state index in [1.54, 1.807) is 0 Å². The molecule has 0 aliphatic heterocycles. The largest absolute Gasteiger partial charge is 0.465 e. The first-order chi connectivity index (χ1) is 13.1. The summed E-state index contributed by atoms with van der Waals surface area (Å²) in [6.07, 6.45) is 0. The van der Waals surface area contributed by atoms with Crippen LogP contribution in [0.3, 0.4) is 0 Å². The van der Waals surface area contributed by atoms with E-state index >= 15 is 0 Å². The number of hydrogen-bond donors (Lipinski definition) is 0. The first kappa shape index (κ1) is 20.5. The van der Waals surface area contributed by atoms with Crippen molar-refractivity contribution in [1.29, 1.82) is 0 Å². The number of nitrogens with zero attached hydrogens (tertiary/aromatic N) is 2. The maximum Gasteiger partial charge on any atom is 0.338 e. The summed E-state index contributed by atoms with van der Waals surface area (Å²) < 4.78 is 9.46. The summed E-state index contributed by atoms with van der Waals surface area (Å²) >= 11 is 0. The van der Waals surface area contributed by atoms with Crippen molar-refractivity contribution >= 4 is 23.3 Å². The van der Waals surface area contributed by atoms with E-state index in [0.717, 1.165) is 26.4 Å². The lowest BCUT2D eigenvalue weighted by molar-refractivity contribution is -0.385. The highest BCUT2D eigenvalue weighted by Gasteiger charge is 2.28. The average molecular weight is 388 g/mol. The number of non-ortho nitro benzene ring substituents is 2. The zero-order chi connectivity index (χ0) is 21.2. The number of hydrogen-bond acceptors (Lipinski definition) is 8. The maximum atomic E-state index is 12.3. The Kier molecular flexibility index (Phi) is 5.73. The summed E-state index contributed by atoms with van der Waals surface area (Å²) in [6, 6.07) is 4.56. The van der Waals surface area contributed by atoms with Crippen LogP contribution in [0.5, 0.6) is 0 Å². The topological polar surface area (TPSA) is 139 Å². The number of aryl methyl sites for hydroxylation is 2. The summed E-state index contributed by atoms with van der Waals surface area (Å²) in [5.41, 5.74) is 0.0817. The van der Waals surface area contributed by atoms with E-state index < -0.39 is 21.8 Å². The zero-order valence-electron chi connectivity index (χ0n) is 15.5. The molecule has 0 aliphatic rings. The smallest absolute Gasteiger partial charge is 0.338 e. The molecule has 10 heteroatoms. The number of carbonyl (C=O) groups is 2. The van der Waals surface area contributed by atoms with Crippen molar-refractivity contribution in [3.05, 3.63) is 66.7 Å². The standard InChI is InChI=1S/C18H16N2O8/c1-9-5-11(19(23)24)7-13(17(21)27-3)15(9)16-10(2)6-12(20(25)26)8-14(16)18(22)28-4/h5-8H,1-4H3. The van der Waals surface area contributed by atoms with Crippen LogP contribution in [0, 0.1) is 34.1 Å². The van der Waals surface area contributed by atoms with Crippen molar-refractivity contribution < 1.29 is 28.9 Å². The van der Waals surface area contributed by atoms with Gasteiger partial charge in [-0.3, -0.25) is 20.2 Å². The molecule has 0 bridgehead atoms. The summed E-state index contributed by atoms with van der Waals surface area (Å²) in [4.78, 5) is 45.6. The lowest BCUT2D eigenvalue weighted by atomic mass is 9.87. The molecule has 0 spiro atoms. The number of ether oxygens (including phenoxy) is 2. The molecule has 28 heavy (non-hydrogen) atoms. The normalized spacial score (nSPS) is 10.3. The number of methoxy groups -OCH3 is 2. The van der Waals surface area contributed by atoms with E-state index in [1.165, 1.54) is 26.0 Å². The molecule has 0 radical (unpaired) electrons. The Morgan fingerprint density at radius 3 is 1.32 bits per heavy atom. The van der Waals surface area contributed by atoms with Crippen molar-refractivity contribution in [3.63, 3.8) is 0 Å². The predicted molar refractivity (Wildman–Crippen MR) is 97.3 cm³/mol. The Labute approximate surface area is 159 Å². The Morgan fingerprint density at radius 2 is 1.07 bits per heavy atom. The van der Waals surface area contributed by atoms with Crippen LogP contribution in [0.4, 0.5) is 11.4 Å². The van der Waals surface area contributed by atoms with E-state index in [1.807, 2.05) is 0 Å². The van der Waals surface area contributed by atoms with Crippen LogP contribution in [0.25, 0.3) is 11.1 Å². The van der Waals surface area contributed by atoms with Crippen LogP contribution in [0.15, 0.2) is 24.3 Å². The van der Waals surface area contributed by atoms with E-state index in [2.05, 4.69) is 0 Å². The SMILES string of the molecule is COC(=O)c1cc([N+](=O)[O-])cc(C)c1-c1c(C)cc([N+](=O)[O-])cc1C(=O)OC. The van der Waals surface area contributed by atoms with Gasteiger partial charge in [0.2, 0.25) is 0 Å². The van der Waals surface area contributed by atoms with Crippen molar-refractivity contribution in [2.24, 2.45) is 0 Å². The summed E-state index contributed by atoms with van der Waals surface area (Å²) in [5, 5.41) is 22.4. The van der Waals surface area contributed by atoms with Gasteiger partial charge in [0, 0.05) is 35.4 Å². The van der Waals surface area contributed by atoms with Crippen LogP contribution < -0.4 is 0 Å². The van der Waals surface area contributed by atoms with E-state index in [9.17, 15) is 29.8 Å². The molecule has 0 saturated heterocycles. The van der Waals surface area contributed by atoms with Crippen LogP contribution in [-0.4, -0.2) is 36.0 Å². The molecule has 146 valence electrons. The maximum absolute atomic E-state index is 12.3. The van der Waals surface area contributed by atoms with Crippen molar-refractivity contribution in [1.82, 2.24) is 0 Å². The average Bonchev–Trinajstić information content (AvgIpc) is 2.65. The van der Waals surface area contributed by atoms with Crippen LogP contribution >= 0.6 is 0 Å². The molecule has 0 fully saturated rings. The van der Waals surface area contributed by atoms with Gasteiger partial charge in [-0.25, -0.2) is 9.59 Å². The third-order valence-electron chi connectivity index (χ3n) is 4.12. The van der Waals surface area contributed by atoms with E-state index in [-0.39, 0.29) is 33.6 Å². The molecule has 0 unspecified atom stereocenters. The Balaban J connectivity index is 2.98. The number of rotatable bonds is 5. The highest BCUT2D eigenvalue weighted by Crippen LogP contribution is 2.38.